The first-order valence-corrected chi connectivity index (χ1v) is 6.56. The van der Waals surface area contributed by atoms with E-state index in [4.69, 9.17) is 5.11 Å². The minimum Gasteiger partial charge on any atom is -0.478 e. The summed E-state index contributed by atoms with van der Waals surface area (Å²) in [5.74, 6) is -3.58. The van der Waals surface area contributed by atoms with Crippen LogP contribution in [-0.2, 0) is 0 Å². The van der Waals surface area contributed by atoms with Crippen LogP contribution in [0.15, 0.2) is 12.1 Å². The number of anilines is 1. The second-order valence-electron chi connectivity index (χ2n) is 6.47. The summed E-state index contributed by atoms with van der Waals surface area (Å²) in [6.07, 6.45) is 0. The minimum absolute atomic E-state index is 0.00556. The van der Waals surface area contributed by atoms with Crippen LogP contribution in [0.5, 0.6) is 0 Å². The van der Waals surface area contributed by atoms with Crippen molar-refractivity contribution in [3.8, 4) is 0 Å². The van der Waals surface area contributed by atoms with Gasteiger partial charge in [0.1, 0.15) is 0 Å². The van der Waals surface area contributed by atoms with Crippen LogP contribution in [0, 0.1) is 28.4 Å². The predicted octanol–water partition coefficient (Wildman–Crippen LogP) is 3.76. The minimum atomic E-state index is -1.47. The van der Waals surface area contributed by atoms with Crippen LogP contribution >= 0.6 is 0 Å². The molecule has 1 aromatic carbocycles. The van der Waals surface area contributed by atoms with Gasteiger partial charge in [-0.15, -0.1) is 0 Å². The summed E-state index contributed by atoms with van der Waals surface area (Å²) >= 11 is 0. The molecule has 0 unspecified atom stereocenters. The Morgan fingerprint density at radius 3 is 2.20 bits per heavy atom. The summed E-state index contributed by atoms with van der Waals surface area (Å²) in [6, 6.07) is 2.34. The van der Waals surface area contributed by atoms with Gasteiger partial charge in [-0.2, -0.15) is 0 Å². The summed E-state index contributed by atoms with van der Waals surface area (Å²) in [5.41, 5.74) is -0.349. The molecule has 1 aliphatic rings. The number of hydrogen-bond acceptors (Lipinski definition) is 2. The second kappa shape index (κ2) is 4.43. The number of carboxylic acid groups (broad SMARTS) is 1. The van der Waals surface area contributed by atoms with Crippen molar-refractivity contribution in [1.82, 2.24) is 0 Å². The highest BCUT2D eigenvalue weighted by Gasteiger charge is 2.64. The molecule has 0 amide bonds. The quantitative estimate of drug-likeness (QED) is 0.884. The third-order valence-electron chi connectivity index (χ3n) is 5.13. The Morgan fingerprint density at radius 1 is 1.20 bits per heavy atom. The number of benzene rings is 1. The zero-order valence-corrected chi connectivity index (χ0v) is 12.1. The molecule has 1 aliphatic carbocycles. The molecular weight excluding hydrogens is 264 g/mol. The van der Waals surface area contributed by atoms with Crippen molar-refractivity contribution in [2.45, 2.75) is 27.7 Å². The average Bonchev–Trinajstić information content (AvgIpc) is 2.72. The zero-order valence-electron chi connectivity index (χ0n) is 12.1. The van der Waals surface area contributed by atoms with Gasteiger partial charge in [-0.3, -0.25) is 0 Å². The first kappa shape index (κ1) is 14.8. The summed E-state index contributed by atoms with van der Waals surface area (Å²) < 4.78 is 27.3. The van der Waals surface area contributed by atoms with Gasteiger partial charge in [0.15, 0.2) is 11.6 Å². The van der Waals surface area contributed by atoms with E-state index in [1.54, 1.807) is 0 Å². The lowest BCUT2D eigenvalue weighted by Crippen LogP contribution is -2.11. The van der Waals surface area contributed by atoms with E-state index < -0.39 is 23.2 Å². The largest absolute Gasteiger partial charge is 0.478 e. The van der Waals surface area contributed by atoms with Crippen molar-refractivity contribution < 1.29 is 18.7 Å². The Labute approximate surface area is 117 Å². The number of rotatable bonds is 4. The monoisotopic (exact) mass is 283 g/mol. The maximum Gasteiger partial charge on any atom is 0.338 e. The van der Waals surface area contributed by atoms with E-state index in [-0.39, 0.29) is 16.5 Å². The molecule has 5 heteroatoms. The third kappa shape index (κ3) is 2.05. The molecule has 2 N–H and O–H groups in total. The van der Waals surface area contributed by atoms with Crippen LogP contribution in [-0.4, -0.2) is 17.6 Å². The Kier molecular flexibility index (Phi) is 3.27. The van der Waals surface area contributed by atoms with Gasteiger partial charge in [0.2, 0.25) is 0 Å². The fraction of sp³-hybridized carbons (Fsp3) is 0.533. The first-order valence-electron chi connectivity index (χ1n) is 6.56. The fourth-order valence-corrected chi connectivity index (χ4v) is 2.91. The van der Waals surface area contributed by atoms with Gasteiger partial charge in [-0.05, 0) is 28.9 Å². The molecule has 0 aromatic heterocycles. The zero-order chi connectivity index (χ0) is 15.3. The molecule has 0 heterocycles. The maximum absolute atomic E-state index is 13.8. The van der Waals surface area contributed by atoms with Crippen LogP contribution in [0.1, 0.15) is 38.1 Å². The number of carboxylic acids is 1. The van der Waals surface area contributed by atoms with Gasteiger partial charge in [-0.1, -0.05) is 27.7 Å². The normalized spacial score (nSPS) is 19.7. The average molecular weight is 283 g/mol. The molecule has 20 heavy (non-hydrogen) atoms. The van der Waals surface area contributed by atoms with Crippen LogP contribution in [0.4, 0.5) is 14.5 Å². The van der Waals surface area contributed by atoms with Crippen molar-refractivity contribution in [3.05, 3.63) is 29.3 Å². The SMILES string of the molecule is CC1(C)C(CNc2ccc(C(=O)O)c(F)c2F)C1(C)C. The molecule has 0 atom stereocenters. The highest BCUT2D eigenvalue weighted by atomic mass is 19.2. The summed E-state index contributed by atoms with van der Waals surface area (Å²) in [7, 11) is 0. The number of hydrogen-bond donors (Lipinski definition) is 2. The molecule has 0 radical (unpaired) electrons. The van der Waals surface area contributed by atoms with Crippen LogP contribution in [0.3, 0.4) is 0 Å². The maximum atomic E-state index is 13.8. The van der Waals surface area contributed by atoms with E-state index in [2.05, 4.69) is 33.0 Å². The van der Waals surface area contributed by atoms with Crippen molar-refractivity contribution in [1.29, 1.82) is 0 Å². The number of aromatic carboxylic acids is 1. The Morgan fingerprint density at radius 2 is 1.75 bits per heavy atom. The van der Waals surface area contributed by atoms with Crippen molar-refractivity contribution >= 4 is 11.7 Å². The molecule has 110 valence electrons. The van der Waals surface area contributed by atoms with E-state index in [9.17, 15) is 13.6 Å². The lowest BCUT2D eigenvalue weighted by atomic mass is 10.0. The van der Waals surface area contributed by atoms with E-state index >= 15 is 0 Å². The molecule has 0 spiro atoms. The first-order chi connectivity index (χ1) is 9.10. The van der Waals surface area contributed by atoms with E-state index in [0.29, 0.717) is 12.5 Å². The van der Waals surface area contributed by atoms with Crippen molar-refractivity contribution in [3.63, 3.8) is 0 Å². The van der Waals surface area contributed by atoms with Crippen molar-refractivity contribution in [2.75, 3.05) is 11.9 Å². The lowest BCUT2D eigenvalue weighted by molar-refractivity contribution is 0.0690. The van der Waals surface area contributed by atoms with Gasteiger partial charge in [-0.25, -0.2) is 13.6 Å². The van der Waals surface area contributed by atoms with Crippen LogP contribution in [0.25, 0.3) is 0 Å². The summed E-state index contributed by atoms with van der Waals surface area (Å²) in [5, 5.41) is 11.6. The Balaban J connectivity index is 2.13. The topological polar surface area (TPSA) is 49.3 Å². The fourth-order valence-electron chi connectivity index (χ4n) is 2.91. The third-order valence-corrected chi connectivity index (χ3v) is 5.13. The van der Waals surface area contributed by atoms with Gasteiger partial charge in [0.05, 0.1) is 11.3 Å². The smallest absolute Gasteiger partial charge is 0.338 e. The molecule has 1 fully saturated rings. The van der Waals surface area contributed by atoms with Crippen LogP contribution in [0.2, 0.25) is 0 Å². The van der Waals surface area contributed by atoms with Crippen molar-refractivity contribution in [2.24, 2.45) is 16.7 Å². The Hall–Kier alpha value is -1.65. The molecule has 2 rings (SSSR count). The molecule has 1 saturated carbocycles. The number of carbonyl (C=O) groups is 1. The van der Waals surface area contributed by atoms with E-state index in [0.717, 1.165) is 6.07 Å². The molecule has 1 aromatic rings. The predicted molar refractivity (Wildman–Crippen MR) is 72.9 cm³/mol. The number of nitrogens with one attached hydrogen (secondary N) is 1. The van der Waals surface area contributed by atoms with Gasteiger partial charge in [0.25, 0.3) is 0 Å². The highest BCUT2D eigenvalue weighted by Crippen LogP contribution is 2.68. The van der Waals surface area contributed by atoms with E-state index in [1.807, 2.05) is 0 Å². The van der Waals surface area contributed by atoms with Crippen LogP contribution < -0.4 is 5.32 Å². The van der Waals surface area contributed by atoms with Gasteiger partial charge >= 0.3 is 5.97 Å². The molecule has 3 nitrogen and oxygen atoms in total. The Bertz CT molecular complexity index is 553. The molecular formula is C15H19F2NO2. The lowest BCUT2D eigenvalue weighted by Gasteiger charge is -2.10. The molecule has 0 bridgehead atoms. The second-order valence-corrected chi connectivity index (χ2v) is 6.47. The van der Waals surface area contributed by atoms with Gasteiger partial charge in [0, 0.05) is 6.54 Å². The van der Waals surface area contributed by atoms with E-state index in [1.165, 1.54) is 6.07 Å². The molecule has 0 aliphatic heterocycles. The molecule has 0 saturated heterocycles. The highest BCUT2D eigenvalue weighted by molar-refractivity contribution is 5.88. The number of halogens is 2. The summed E-state index contributed by atoms with van der Waals surface area (Å²) in [6.45, 7) is 9.10. The summed E-state index contributed by atoms with van der Waals surface area (Å²) in [4.78, 5) is 10.7. The standard InChI is InChI=1S/C15H19F2NO2/c1-14(2)10(15(14,3)4)7-18-9-6-5-8(13(19)20)11(16)12(9)17/h5-6,10,18H,7H2,1-4H3,(H,19,20). The van der Waals surface area contributed by atoms with Gasteiger partial charge < -0.3 is 10.4 Å².